The number of piperidine rings is 1. The number of benzene rings is 2. The third-order valence-electron chi connectivity index (χ3n) is 5.38. The summed E-state index contributed by atoms with van der Waals surface area (Å²) in [5.41, 5.74) is 1.39. The van der Waals surface area contributed by atoms with Gasteiger partial charge in [-0.05, 0) is 42.5 Å². The van der Waals surface area contributed by atoms with Crippen molar-refractivity contribution in [1.29, 1.82) is 0 Å². The normalized spacial score (nSPS) is 15.6. The first-order valence-corrected chi connectivity index (χ1v) is 9.56. The van der Waals surface area contributed by atoms with E-state index >= 15 is 0 Å². The number of fused-ring (bicyclic) bond motifs is 1. The summed E-state index contributed by atoms with van der Waals surface area (Å²) in [5, 5.41) is 1.16. The molecule has 1 aliphatic rings. The van der Waals surface area contributed by atoms with Gasteiger partial charge in [0.15, 0.2) is 6.61 Å². The number of rotatable bonds is 4. The highest BCUT2D eigenvalue weighted by molar-refractivity contribution is 5.80. The van der Waals surface area contributed by atoms with Gasteiger partial charge >= 0.3 is 6.18 Å². The predicted molar refractivity (Wildman–Crippen MR) is 104 cm³/mol. The number of aromatic nitrogens is 1. The van der Waals surface area contributed by atoms with Gasteiger partial charge in [0.25, 0.3) is 5.91 Å². The number of H-pyrrole nitrogens is 1. The van der Waals surface area contributed by atoms with Crippen molar-refractivity contribution in [2.45, 2.75) is 24.9 Å². The van der Waals surface area contributed by atoms with E-state index in [1.807, 2.05) is 18.2 Å². The van der Waals surface area contributed by atoms with Crippen molar-refractivity contribution in [2.24, 2.45) is 0 Å². The molecule has 152 valence electrons. The number of likely N-dealkylation sites (tertiary alicyclic amines) is 1. The number of nitrogens with one attached hydrogen (secondary N) is 1. The molecule has 0 aliphatic carbocycles. The standard InChI is InChI=1S/C22H21F3N2O2/c23-22(24,25)17-6-2-4-8-20(17)29-14-21(28)27-11-9-15(10-12-27)19-13-16-5-1-3-7-18(16)26-19/h1-8,13,15,26H,9-12,14H2. The molecule has 3 aromatic rings. The summed E-state index contributed by atoms with van der Waals surface area (Å²) in [7, 11) is 0. The van der Waals surface area contributed by atoms with Crippen molar-refractivity contribution >= 4 is 16.8 Å². The fourth-order valence-corrected chi connectivity index (χ4v) is 3.81. The van der Waals surface area contributed by atoms with E-state index in [0.717, 1.165) is 35.5 Å². The van der Waals surface area contributed by atoms with Crippen LogP contribution in [0.25, 0.3) is 10.9 Å². The van der Waals surface area contributed by atoms with Crippen LogP contribution < -0.4 is 4.74 Å². The van der Waals surface area contributed by atoms with Gasteiger partial charge in [-0.3, -0.25) is 4.79 Å². The molecule has 7 heteroatoms. The van der Waals surface area contributed by atoms with Gasteiger partial charge in [0.05, 0.1) is 5.56 Å². The molecule has 1 aliphatic heterocycles. The molecule has 0 spiro atoms. The highest BCUT2D eigenvalue weighted by Gasteiger charge is 2.34. The zero-order chi connectivity index (χ0) is 20.4. The van der Waals surface area contributed by atoms with E-state index < -0.39 is 18.3 Å². The first-order chi connectivity index (χ1) is 13.9. The molecule has 0 unspecified atom stereocenters. The molecule has 1 amide bonds. The number of para-hydroxylation sites is 2. The SMILES string of the molecule is O=C(COc1ccccc1C(F)(F)F)N1CCC(c2cc3ccccc3[nH]2)CC1. The number of ether oxygens (including phenoxy) is 1. The fraction of sp³-hybridized carbons (Fsp3) is 0.318. The minimum Gasteiger partial charge on any atom is -0.483 e. The third-order valence-corrected chi connectivity index (χ3v) is 5.38. The average Bonchev–Trinajstić information content (AvgIpc) is 3.16. The maximum absolute atomic E-state index is 13.0. The van der Waals surface area contributed by atoms with Crippen LogP contribution in [0, 0.1) is 0 Å². The Bertz CT molecular complexity index is 971. The second kappa shape index (κ2) is 7.81. The fourth-order valence-electron chi connectivity index (χ4n) is 3.81. The summed E-state index contributed by atoms with van der Waals surface area (Å²) in [6.45, 7) is 0.719. The lowest BCUT2D eigenvalue weighted by molar-refractivity contribution is -0.141. The molecule has 4 nitrogen and oxygen atoms in total. The van der Waals surface area contributed by atoms with Crippen molar-refractivity contribution in [2.75, 3.05) is 19.7 Å². The molecule has 1 aromatic heterocycles. The van der Waals surface area contributed by atoms with Crippen molar-refractivity contribution in [3.63, 3.8) is 0 Å². The molecule has 1 N–H and O–H groups in total. The zero-order valence-electron chi connectivity index (χ0n) is 15.7. The van der Waals surface area contributed by atoms with Crippen LogP contribution in [0.15, 0.2) is 54.6 Å². The van der Waals surface area contributed by atoms with Gasteiger partial charge in [-0.1, -0.05) is 30.3 Å². The molecular formula is C22H21F3N2O2. The Balaban J connectivity index is 1.34. The summed E-state index contributed by atoms with van der Waals surface area (Å²) >= 11 is 0. The van der Waals surface area contributed by atoms with Gasteiger partial charge in [-0.15, -0.1) is 0 Å². The van der Waals surface area contributed by atoms with E-state index in [1.54, 1.807) is 4.90 Å². The minimum absolute atomic E-state index is 0.294. The topological polar surface area (TPSA) is 45.3 Å². The van der Waals surface area contributed by atoms with Gasteiger partial charge in [-0.2, -0.15) is 13.2 Å². The quantitative estimate of drug-likeness (QED) is 0.670. The Kier molecular flexibility index (Phi) is 5.22. The maximum Gasteiger partial charge on any atom is 0.419 e. The molecule has 2 aromatic carbocycles. The second-order valence-electron chi connectivity index (χ2n) is 7.25. The van der Waals surface area contributed by atoms with Crippen molar-refractivity contribution < 1.29 is 22.7 Å². The number of aromatic amines is 1. The number of amides is 1. The maximum atomic E-state index is 13.0. The lowest BCUT2D eigenvalue weighted by atomic mass is 9.93. The van der Waals surface area contributed by atoms with E-state index in [4.69, 9.17) is 4.74 Å². The molecule has 4 rings (SSSR count). The molecule has 0 saturated carbocycles. The minimum atomic E-state index is -4.52. The summed E-state index contributed by atoms with van der Waals surface area (Å²) in [5.74, 6) is -0.281. The van der Waals surface area contributed by atoms with Crippen molar-refractivity contribution in [1.82, 2.24) is 9.88 Å². The van der Waals surface area contributed by atoms with Crippen LogP contribution in [0.2, 0.25) is 0 Å². The Morgan fingerprint density at radius 2 is 1.76 bits per heavy atom. The van der Waals surface area contributed by atoms with Crippen LogP contribution in [0.3, 0.4) is 0 Å². The van der Waals surface area contributed by atoms with Gasteiger partial charge < -0.3 is 14.6 Å². The Labute approximate surface area is 166 Å². The average molecular weight is 402 g/mol. The number of nitrogens with zero attached hydrogens (tertiary/aromatic N) is 1. The molecule has 0 radical (unpaired) electrons. The molecule has 29 heavy (non-hydrogen) atoms. The van der Waals surface area contributed by atoms with Gasteiger partial charge in [-0.25, -0.2) is 0 Å². The first kappa shape index (κ1) is 19.4. The van der Waals surface area contributed by atoms with Crippen molar-refractivity contribution in [3.05, 3.63) is 65.9 Å². The largest absolute Gasteiger partial charge is 0.483 e. The smallest absolute Gasteiger partial charge is 0.419 e. The van der Waals surface area contributed by atoms with Crippen LogP contribution in [-0.2, 0) is 11.0 Å². The zero-order valence-corrected chi connectivity index (χ0v) is 15.7. The summed E-state index contributed by atoms with van der Waals surface area (Å²) in [6.07, 6.45) is -2.91. The van der Waals surface area contributed by atoms with Crippen LogP contribution >= 0.6 is 0 Å². The highest BCUT2D eigenvalue weighted by Crippen LogP contribution is 2.36. The number of hydrogen-bond acceptors (Lipinski definition) is 2. The number of carbonyl (C=O) groups is 1. The number of halogens is 3. The van der Waals surface area contributed by atoms with Crippen LogP contribution in [0.1, 0.15) is 30.0 Å². The summed E-state index contributed by atoms with van der Waals surface area (Å²) < 4.78 is 44.3. The van der Waals surface area contributed by atoms with Gasteiger partial charge in [0, 0.05) is 30.2 Å². The Hall–Kier alpha value is -2.96. The third kappa shape index (κ3) is 4.23. The van der Waals surface area contributed by atoms with Gasteiger partial charge in [0.1, 0.15) is 5.75 Å². The number of alkyl halides is 3. The van der Waals surface area contributed by atoms with Crippen LogP contribution in [0.4, 0.5) is 13.2 Å². The van der Waals surface area contributed by atoms with E-state index in [0.29, 0.717) is 19.0 Å². The van der Waals surface area contributed by atoms with E-state index in [-0.39, 0.29) is 11.7 Å². The van der Waals surface area contributed by atoms with Gasteiger partial charge in [0.2, 0.25) is 0 Å². The predicted octanol–water partition coefficient (Wildman–Crippen LogP) is 4.97. The van der Waals surface area contributed by atoms with E-state index in [9.17, 15) is 18.0 Å². The Morgan fingerprint density at radius 1 is 1.07 bits per heavy atom. The monoisotopic (exact) mass is 402 g/mol. The van der Waals surface area contributed by atoms with Crippen LogP contribution in [-0.4, -0.2) is 35.5 Å². The van der Waals surface area contributed by atoms with E-state index in [2.05, 4.69) is 17.1 Å². The summed E-state index contributed by atoms with van der Waals surface area (Å²) in [6, 6.07) is 15.2. The lowest BCUT2D eigenvalue weighted by Crippen LogP contribution is -2.40. The summed E-state index contributed by atoms with van der Waals surface area (Å²) in [4.78, 5) is 17.5. The van der Waals surface area contributed by atoms with Crippen LogP contribution in [0.5, 0.6) is 5.75 Å². The molecular weight excluding hydrogens is 381 g/mol. The molecule has 1 saturated heterocycles. The lowest BCUT2D eigenvalue weighted by Gasteiger charge is -2.31. The first-order valence-electron chi connectivity index (χ1n) is 9.56. The van der Waals surface area contributed by atoms with E-state index in [1.165, 1.54) is 18.2 Å². The molecule has 0 atom stereocenters. The molecule has 0 bridgehead atoms. The Morgan fingerprint density at radius 3 is 2.48 bits per heavy atom. The van der Waals surface area contributed by atoms with Crippen molar-refractivity contribution in [3.8, 4) is 5.75 Å². The second-order valence-corrected chi connectivity index (χ2v) is 7.25. The number of carbonyl (C=O) groups excluding carboxylic acids is 1. The number of hydrogen-bond donors (Lipinski definition) is 1. The highest BCUT2D eigenvalue weighted by atomic mass is 19.4. The molecule has 2 heterocycles. The molecule has 1 fully saturated rings.